The zero-order valence-electron chi connectivity index (χ0n) is 10.6. The SMILES string of the molecule is C1=CC(C2CCCCCCC2)c2ccccc21. The third-order valence-corrected chi connectivity index (χ3v) is 4.50. The summed E-state index contributed by atoms with van der Waals surface area (Å²) >= 11 is 0. The maximum atomic E-state index is 2.46. The highest BCUT2D eigenvalue weighted by molar-refractivity contribution is 5.62. The van der Waals surface area contributed by atoms with Crippen LogP contribution < -0.4 is 0 Å². The third-order valence-electron chi connectivity index (χ3n) is 4.50. The molecule has 0 aliphatic heterocycles. The van der Waals surface area contributed by atoms with E-state index in [1.807, 2.05) is 0 Å². The molecular formula is C17H22. The van der Waals surface area contributed by atoms with E-state index in [0.717, 1.165) is 5.92 Å². The lowest BCUT2D eigenvalue weighted by Crippen LogP contribution is -2.12. The second-order valence-electron chi connectivity index (χ2n) is 5.62. The van der Waals surface area contributed by atoms with Gasteiger partial charge < -0.3 is 0 Å². The summed E-state index contributed by atoms with van der Waals surface area (Å²) in [6.07, 6.45) is 14.9. The first kappa shape index (κ1) is 11.1. The van der Waals surface area contributed by atoms with Crippen LogP contribution in [0, 0.1) is 5.92 Å². The summed E-state index contributed by atoms with van der Waals surface area (Å²) in [6.45, 7) is 0. The average Bonchev–Trinajstić information content (AvgIpc) is 2.73. The molecule has 3 rings (SSSR count). The Labute approximate surface area is 105 Å². The summed E-state index contributed by atoms with van der Waals surface area (Å²) in [4.78, 5) is 0. The first-order valence-corrected chi connectivity index (χ1v) is 7.22. The summed E-state index contributed by atoms with van der Waals surface area (Å²) in [7, 11) is 0. The van der Waals surface area contributed by atoms with Gasteiger partial charge in [-0.15, -0.1) is 0 Å². The Morgan fingerprint density at radius 1 is 0.824 bits per heavy atom. The Balaban J connectivity index is 1.78. The molecule has 1 atom stereocenters. The summed E-state index contributed by atoms with van der Waals surface area (Å²) in [6, 6.07) is 8.94. The first-order valence-electron chi connectivity index (χ1n) is 7.22. The van der Waals surface area contributed by atoms with Crippen molar-refractivity contribution in [2.75, 3.05) is 0 Å². The molecule has 0 nitrogen and oxygen atoms in total. The van der Waals surface area contributed by atoms with E-state index < -0.39 is 0 Å². The summed E-state index contributed by atoms with van der Waals surface area (Å²) < 4.78 is 0. The van der Waals surface area contributed by atoms with Gasteiger partial charge in [0.2, 0.25) is 0 Å². The van der Waals surface area contributed by atoms with E-state index in [9.17, 15) is 0 Å². The highest BCUT2D eigenvalue weighted by atomic mass is 14.3. The number of hydrogen-bond acceptors (Lipinski definition) is 0. The molecule has 0 radical (unpaired) electrons. The van der Waals surface area contributed by atoms with Crippen LogP contribution in [0.1, 0.15) is 62.0 Å². The van der Waals surface area contributed by atoms with E-state index in [2.05, 4.69) is 36.4 Å². The van der Waals surface area contributed by atoms with Crippen molar-refractivity contribution in [3.05, 3.63) is 41.5 Å². The van der Waals surface area contributed by atoms with Crippen LogP contribution in [0.4, 0.5) is 0 Å². The molecule has 90 valence electrons. The minimum Gasteiger partial charge on any atom is -0.0761 e. The highest BCUT2D eigenvalue weighted by Crippen LogP contribution is 2.40. The van der Waals surface area contributed by atoms with Gasteiger partial charge in [-0.05, 0) is 29.9 Å². The second kappa shape index (κ2) is 5.08. The lowest BCUT2D eigenvalue weighted by Gasteiger charge is -2.25. The summed E-state index contributed by atoms with van der Waals surface area (Å²) in [5.74, 6) is 1.61. The Bertz CT molecular complexity index is 394. The van der Waals surface area contributed by atoms with E-state index in [4.69, 9.17) is 0 Å². The fourth-order valence-corrected chi connectivity index (χ4v) is 3.54. The van der Waals surface area contributed by atoms with Gasteiger partial charge in [0.1, 0.15) is 0 Å². The van der Waals surface area contributed by atoms with E-state index in [-0.39, 0.29) is 0 Å². The van der Waals surface area contributed by atoms with Crippen LogP contribution >= 0.6 is 0 Å². The van der Waals surface area contributed by atoms with Gasteiger partial charge in [0.15, 0.2) is 0 Å². The normalized spacial score (nSPS) is 25.3. The number of rotatable bonds is 1. The smallest absolute Gasteiger partial charge is 0.00555 e. The molecule has 0 N–H and O–H groups in total. The van der Waals surface area contributed by atoms with Gasteiger partial charge in [-0.2, -0.15) is 0 Å². The van der Waals surface area contributed by atoms with Gasteiger partial charge in [-0.25, -0.2) is 0 Å². The predicted octanol–water partition coefficient (Wildman–Crippen LogP) is 5.16. The first-order chi connectivity index (χ1) is 8.45. The summed E-state index contributed by atoms with van der Waals surface area (Å²) in [5, 5.41) is 0. The van der Waals surface area contributed by atoms with Crippen molar-refractivity contribution >= 4 is 6.08 Å². The minimum absolute atomic E-state index is 0.712. The molecule has 0 heteroatoms. The van der Waals surface area contributed by atoms with E-state index in [0.29, 0.717) is 5.92 Å². The zero-order chi connectivity index (χ0) is 11.5. The molecule has 0 amide bonds. The molecule has 1 unspecified atom stereocenters. The van der Waals surface area contributed by atoms with Crippen molar-refractivity contribution in [3.8, 4) is 0 Å². The average molecular weight is 226 g/mol. The van der Waals surface area contributed by atoms with Gasteiger partial charge in [0, 0.05) is 5.92 Å². The molecule has 17 heavy (non-hydrogen) atoms. The van der Waals surface area contributed by atoms with Crippen molar-refractivity contribution in [2.45, 2.75) is 50.9 Å². The highest BCUT2D eigenvalue weighted by Gasteiger charge is 2.25. The van der Waals surface area contributed by atoms with E-state index in [1.54, 1.807) is 5.56 Å². The third kappa shape index (κ3) is 2.31. The maximum Gasteiger partial charge on any atom is 0.00555 e. The quantitative estimate of drug-likeness (QED) is 0.620. The second-order valence-corrected chi connectivity index (χ2v) is 5.62. The predicted molar refractivity (Wildman–Crippen MR) is 74.0 cm³/mol. The Morgan fingerprint density at radius 2 is 1.53 bits per heavy atom. The van der Waals surface area contributed by atoms with Crippen LogP contribution in [-0.4, -0.2) is 0 Å². The number of hydrogen-bond donors (Lipinski definition) is 0. The van der Waals surface area contributed by atoms with Crippen molar-refractivity contribution < 1.29 is 0 Å². The Morgan fingerprint density at radius 3 is 2.35 bits per heavy atom. The molecule has 2 aliphatic rings. The van der Waals surface area contributed by atoms with Crippen LogP contribution in [0.2, 0.25) is 0 Å². The van der Waals surface area contributed by atoms with Crippen LogP contribution in [0.25, 0.3) is 6.08 Å². The van der Waals surface area contributed by atoms with Gasteiger partial charge in [0.05, 0.1) is 0 Å². The number of benzene rings is 1. The van der Waals surface area contributed by atoms with Crippen LogP contribution in [0.3, 0.4) is 0 Å². The van der Waals surface area contributed by atoms with Crippen LogP contribution in [0.15, 0.2) is 30.3 Å². The molecule has 1 aromatic carbocycles. The van der Waals surface area contributed by atoms with Gasteiger partial charge >= 0.3 is 0 Å². The molecule has 0 bridgehead atoms. The molecule has 0 heterocycles. The van der Waals surface area contributed by atoms with Gasteiger partial charge in [-0.1, -0.05) is 68.5 Å². The zero-order valence-corrected chi connectivity index (χ0v) is 10.6. The molecule has 0 aromatic heterocycles. The molecule has 2 aliphatic carbocycles. The fourth-order valence-electron chi connectivity index (χ4n) is 3.54. The Hall–Kier alpha value is -1.04. The molecular weight excluding hydrogens is 204 g/mol. The molecule has 1 aromatic rings. The van der Waals surface area contributed by atoms with Crippen molar-refractivity contribution in [3.63, 3.8) is 0 Å². The Kier molecular flexibility index (Phi) is 3.31. The lowest BCUT2D eigenvalue weighted by atomic mass is 9.79. The summed E-state index contributed by atoms with van der Waals surface area (Å²) in [5.41, 5.74) is 3.04. The minimum atomic E-state index is 0.712. The monoisotopic (exact) mass is 226 g/mol. The van der Waals surface area contributed by atoms with Crippen LogP contribution in [0.5, 0.6) is 0 Å². The standard InChI is InChI=1S/C17H22/c1-2-4-8-14(9-5-3-1)17-13-12-15-10-6-7-11-16(15)17/h6-7,10-14,17H,1-5,8-9H2. The van der Waals surface area contributed by atoms with Gasteiger partial charge in [-0.3, -0.25) is 0 Å². The molecule has 0 saturated heterocycles. The number of allylic oxidation sites excluding steroid dienone is 1. The number of fused-ring (bicyclic) bond motifs is 1. The fraction of sp³-hybridized carbons (Fsp3) is 0.529. The maximum absolute atomic E-state index is 2.46. The van der Waals surface area contributed by atoms with E-state index in [1.165, 1.54) is 50.5 Å². The topological polar surface area (TPSA) is 0 Å². The van der Waals surface area contributed by atoms with Crippen molar-refractivity contribution in [1.29, 1.82) is 0 Å². The van der Waals surface area contributed by atoms with Crippen molar-refractivity contribution in [2.24, 2.45) is 5.92 Å². The van der Waals surface area contributed by atoms with E-state index >= 15 is 0 Å². The lowest BCUT2D eigenvalue weighted by molar-refractivity contribution is 0.354. The molecule has 1 saturated carbocycles. The van der Waals surface area contributed by atoms with Crippen LogP contribution in [-0.2, 0) is 0 Å². The molecule has 0 spiro atoms. The molecule has 1 fully saturated rings. The largest absolute Gasteiger partial charge is 0.0761 e. The van der Waals surface area contributed by atoms with Gasteiger partial charge in [0.25, 0.3) is 0 Å². The van der Waals surface area contributed by atoms with Crippen molar-refractivity contribution in [1.82, 2.24) is 0 Å².